The predicted octanol–water partition coefficient (Wildman–Crippen LogP) is -50.3. The van der Waals surface area contributed by atoms with Crippen LogP contribution in [0.3, 0.4) is 0 Å². The molecule has 50 heavy (non-hydrogen) atoms. The molecule has 0 aromatic rings. The van der Waals surface area contributed by atoms with Crippen LogP contribution in [0.5, 0.6) is 0 Å². The zero-order valence-corrected chi connectivity index (χ0v) is 26.1. The third-order valence-corrected chi connectivity index (χ3v) is 0. The molecule has 0 fully saturated rings. The van der Waals surface area contributed by atoms with Crippen LogP contribution >= 0.6 is 13.5 Å². The molecule has 0 saturated heterocycles. The summed E-state index contributed by atoms with van der Waals surface area (Å²) in [4.78, 5) is 0. The molecule has 296 valence electrons. The molecule has 36 nitrogen and oxygen atoms in total. The smallest absolute Gasteiger partial charge is 0.907 e. The van der Waals surface area contributed by atoms with Crippen molar-refractivity contribution in [2.45, 2.75) is 0 Å². The first-order valence-corrected chi connectivity index (χ1v) is 8.49. The van der Waals surface area contributed by atoms with Gasteiger partial charge in [0.2, 0.25) is 0 Å². The van der Waals surface area contributed by atoms with Gasteiger partial charge in [0.25, 0.3) is 0 Å². The molecule has 0 aliphatic rings. The van der Waals surface area contributed by atoms with Crippen LogP contribution in [0.1, 0.15) is 0 Å². The Kier molecular flexibility index (Phi) is 163. The zero-order chi connectivity index (χ0) is 42.9. The third-order valence-electron chi connectivity index (χ3n) is 0. The molecule has 0 heterocycles. The molecule has 50 heteroatoms. The summed E-state index contributed by atoms with van der Waals surface area (Å²) in [7, 11) is -35.0. The molecule has 0 unspecified atom stereocenters. The van der Waals surface area contributed by atoms with Crippen molar-refractivity contribution in [1.82, 2.24) is 0 Å². The molecule has 0 aromatic heterocycles. The predicted molar refractivity (Wildman–Crippen MR) is 79.4 cm³/mol. The maximum absolute atomic E-state index is 8.42. The van der Waals surface area contributed by atoms with Gasteiger partial charge in [0.05, 0.1) is 0 Å². The van der Waals surface area contributed by atoms with E-state index in [9.17, 15) is 0 Å². The average Bonchev–Trinajstić information content (AvgIpc) is 2.61. The van der Waals surface area contributed by atoms with Gasteiger partial charge in [-0.2, -0.15) is 13.5 Å². The first kappa shape index (κ1) is 93.0. The first-order valence-electron chi connectivity index (χ1n) is 8.49. The average molecular weight is 763 g/mol. The molecule has 0 rings (SSSR count). The van der Waals surface area contributed by atoms with E-state index in [1.165, 1.54) is 0 Å². The SMILES string of the molecule is S.[Na+].[O-]B([O-])[O-].[O-]B([O-])[O-].[O-]B([O-])[O-].[O-]B([O-])[O-].[O-]B([O-])[O-].[O-]B([O-])[O-].[O-]B([O-])[O-].[O-]B([O-])[O-].[O-]B([O-])[O-].[O-]B([O-])[O-].[O-]B([O-])[O-].[O-]B([O-])[O-]. The Morgan fingerprint density at radius 1 is 0.120 bits per heavy atom. The second-order valence-corrected chi connectivity index (χ2v) is 3.46. The molecule has 0 aliphatic carbocycles. The van der Waals surface area contributed by atoms with Gasteiger partial charge in [0, 0.05) is 0 Å². The van der Waals surface area contributed by atoms with Gasteiger partial charge in [-0.1, -0.05) is 0 Å². The first-order chi connectivity index (χ1) is 20.8. The normalized spacial score (nSPS) is 6.48. The van der Waals surface area contributed by atoms with E-state index >= 15 is 0 Å². The summed E-state index contributed by atoms with van der Waals surface area (Å²) in [5.41, 5.74) is 0. The van der Waals surface area contributed by atoms with Gasteiger partial charge < -0.3 is 181 Å². The molecule has 0 aliphatic heterocycles. The fourth-order valence-electron chi connectivity index (χ4n) is 0. The second-order valence-electron chi connectivity index (χ2n) is 3.46. The van der Waals surface area contributed by atoms with Crippen molar-refractivity contribution in [3.63, 3.8) is 0 Å². The molecule has 0 aromatic carbocycles. The molecule has 0 bridgehead atoms. The van der Waals surface area contributed by atoms with Crippen molar-refractivity contribution >= 4 is 101 Å². The van der Waals surface area contributed by atoms with E-state index in [1.807, 2.05) is 0 Å². The Bertz CT molecular complexity index is 239. The quantitative estimate of drug-likeness (QED) is 0.207. The molecule has 0 amide bonds. The molecular formula is H2B12NaO36S-35. The van der Waals surface area contributed by atoms with Crippen LogP contribution in [-0.4, -0.2) is 87.9 Å². The summed E-state index contributed by atoms with van der Waals surface area (Å²) in [6.07, 6.45) is 0. The molecular weight excluding hydrogens is 761 g/mol. The van der Waals surface area contributed by atoms with Gasteiger partial charge in [0.1, 0.15) is 0 Å². The molecule has 0 radical (unpaired) electrons. The van der Waals surface area contributed by atoms with Gasteiger partial charge in [-0.25, -0.2) is 0 Å². The Labute approximate surface area is 311 Å². The van der Waals surface area contributed by atoms with Crippen LogP contribution in [0.15, 0.2) is 0 Å². The van der Waals surface area contributed by atoms with Gasteiger partial charge in [-0.3, -0.25) is 87.9 Å². The van der Waals surface area contributed by atoms with Crippen molar-refractivity contribution < 1.29 is 210 Å². The van der Waals surface area contributed by atoms with Crippen LogP contribution in [-0.2, 0) is 0 Å². The summed E-state index contributed by atoms with van der Waals surface area (Å²) in [6.45, 7) is 0. The summed E-state index contributed by atoms with van der Waals surface area (Å²) in [5, 5.41) is 303. The minimum Gasteiger partial charge on any atom is -0.907 e. The summed E-state index contributed by atoms with van der Waals surface area (Å²) in [5.74, 6) is 0. The fourth-order valence-corrected chi connectivity index (χ4v) is 0. The van der Waals surface area contributed by atoms with E-state index in [4.69, 9.17) is 181 Å². The van der Waals surface area contributed by atoms with E-state index in [0.717, 1.165) is 0 Å². The van der Waals surface area contributed by atoms with E-state index in [2.05, 4.69) is 0 Å². The number of hydrogen-bond donors (Lipinski definition) is 0. The second kappa shape index (κ2) is 87.5. The van der Waals surface area contributed by atoms with Gasteiger partial charge in [0.15, 0.2) is 0 Å². The fraction of sp³-hybridized carbons (Fsp3) is 0. The third kappa shape index (κ3) is 233000. The monoisotopic (exact) mass is 765 g/mol. The van der Waals surface area contributed by atoms with E-state index in [-0.39, 0.29) is 43.1 Å². The standard InChI is InChI=1S/12BO3.Na.H2S/c12*2-1(3)4;;/h;;;;;;;;;;;;;1H2/q12*-3;+1;. The molecule has 0 spiro atoms. The Balaban J connectivity index is -0.0000000235. The summed E-state index contributed by atoms with van der Waals surface area (Å²) < 4.78 is 0. The van der Waals surface area contributed by atoms with Crippen molar-refractivity contribution in [1.29, 1.82) is 0 Å². The van der Waals surface area contributed by atoms with Crippen LogP contribution in [0, 0.1) is 0 Å². The van der Waals surface area contributed by atoms with Crippen LogP contribution in [0.2, 0.25) is 0 Å². The molecule has 0 atom stereocenters. The van der Waals surface area contributed by atoms with Crippen LogP contribution < -0.4 is 210 Å². The molecule has 0 saturated carbocycles. The van der Waals surface area contributed by atoms with Crippen molar-refractivity contribution in [3.05, 3.63) is 0 Å². The largest absolute Gasteiger partial charge is 1.00 e. The Hall–Kier alpha value is 0.689. The van der Waals surface area contributed by atoms with Gasteiger partial charge in [-0.05, 0) is 0 Å². The Morgan fingerprint density at radius 2 is 0.120 bits per heavy atom. The van der Waals surface area contributed by atoms with Gasteiger partial charge >= 0.3 is 29.6 Å². The number of hydrogen-bond acceptors (Lipinski definition) is 36. The topological polar surface area (TPSA) is 830 Å². The summed E-state index contributed by atoms with van der Waals surface area (Å²) >= 11 is 0. The number of rotatable bonds is 0. The van der Waals surface area contributed by atoms with E-state index in [1.54, 1.807) is 0 Å². The van der Waals surface area contributed by atoms with Gasteiger partial charge in [-0.15, -0.1) is 0 Å². The van der Waals surface area contributed by atoms with Crippen LogP contribution in [0.25, 0.3) is 0 Å². The van der Waals surface area contributed by atoms with E-state index in [0.29, 0.717) is 0 Å². The maximum Gasteiger partial charge on any atom is 1.00 e. The minimum absolute atomic E-state index is 0. The Morgan fingerprint density at radius 3 is 0.120 bits per heavy atom. The molecule has 0 N–H and O–H groups in total. The van der Waals surface area contributed by atoms with E-state index < -0.39 is 87.9 Å². The summed E-state index contributed by atoms with van der Waals surface area (Å²) in [6, 6.07) is 0. The minimum atomic E-state index is -2.92. The van der Waals surface area contributed by atoms with Crippen molar-refractivity contribution in [2.24, 2.45) is 0 Å². The van der Waals surface area contributed by atoms with Crippen molar-refractivity contribution in [2.75, 3.05) is 0 Å². The maximum atomic E-state index is 8.42. The zero-order valence-electron chi connectivity index (χ0n) is 23.1. The van der Waals surface area contributed by atoms with Crippen molar-refractivity contribution in [3.8, 4) is 0 Å². The van der Waals surface area contributed by atoms with Crippen LogP contribution in [0.4, 0.5) is 0 Å².